The van der Waals surface area contributed by atoms with Gasteiger partial charge >= 0.3 is 5.69 Å². The van der Waals surface area contributed by atoms with Crippen molar-refractivity contribution in [3.05, 3.63) is 97.4 Å². The number of nitrogens with zero attached hydrogens (tertiary/aromatic N) is 4. The van der Waals surface area contributed by atoms with Crippen LogP contribution in [0.25, 0.3) is 11.2 Å². The quantitative estimate of drug-likeness (QED) is 0.505. The molecule has 1 N–H and O–H groups in total. The van der Waals surface area contributed by atoms with Crippen molar-refractivity contribution in [3.8, 4) is 0 Å². The number of carbonyl (C=O) groups is 1. The highest BCUT2D eigenvalue weighted by molar-refractivity contribution is 6.31. The highest BCUT2D eigenvalue weighted by atomic mass is 35.5. The first-order valence-electron chi connectivity index (χ1n) is 9.90. The van der Waals surface area contributed by atoms with Gasteiger partial charge in [-0.1, -0.05) is 48.0 Å². The Balaban J connectivity index is 1.79. The lowest BCUT2D eigenvalue weighted by Crippen LogP contribution is -2.42. The smallest absolute Gasteiger partial charge is 0.324 e. The molecule has 2 aromatic heterocycles. The normalized spacial score (nSPS) is 11.0. The van der Waals surface area contributed by atoms with Crippen molar-refractivity contribution in [1.82, 2.24) is 19.1 Å². The Labute approximate surface area is 188 Å². The third-order valence-corrected chi connectivity index (χ3v) is 5.55. The van der Waals surface area contributed by atoms with Gasteiger partial charge in [-0.2, -0.15) is 0 Å². The summed E-state index contributed by atoms with van der Waals surface area (Å²) >= 11 is 6.22. The summed E-state index contributed by atoms with van der Waals surface area (Å²) in [6.07, 6.45) is 2.74. The number of para-hydroxylation sites is 1. The Bertz CT molecular complexity index is 1440. The van der Waals surface area contributed by atoms with Gasteiger partial charge in [-0.15, -0.1) is 0 Å². The van der Waals surface area contributed by atoms with Crippen molar-refractivity contribution < 1.29 is 4.79 Å². The van der Waals surface area contributed by atoms with Gasteiger partial charge in [0.05, 0.1) is 6.54 Å². The zero-order valence-electron chi connectivity index (χ0n) is 17.5. The van der Waals surface area contributed by atoms with E-state index in [0.717, 1.165) is 20.3 Å². The number of carbonyl (C=O) groups excluding carboxylic acids is 1. The maximum absolute atomic E-state index is 13.3. The predicted octanol–water partition coefficient (Wildman–Crippen LogP) is 2.91. The molecule has 0 bridgehead atoms. The van der Waals surface area contributed by atoms with Gasteiger partial charge in [0, 0.05) is 23.1 Å². The van der Waals surface area contributed by atoms with E-state index in [0.29, 0.717) is 16.3 Å². The summed E-state index contributed by atoms with van der Waals surface area (Å²) in [4.78, 5) is 47.4. The van der Waals surface area contributed by atoms with Crippen LogP contribution in [0.5, 0.6) is 0 Å². The Hall–Kier alpha value is -3.78. The second-order valence-electron chi connectivity index (χ2n) is 7.39. The van der Waals surface area contributed by atoms with Gasteiger partial charge in [0.15, 0.2) is 11.2 Å². The van der Waals surface area contributed by atoms with Crippen molar-refractivity contribution in [1.29, 1.82) is 0 Å². The molecular weight excluding hydrogens is 430 g/mol. The van der Waals surface area contributed by atoms with Crippen LogP contribution >= 0.6 is 11.6 Å². The molecule has 1 amide bonds. The van der Waals surface area contributed by atoms with Gasteiger partial charge in [0.1, 0.15) is 6.54 Å². The average Bonchev–Trinajstić information content (AvgIpc) is 2.78. The number of benzene rings is 2. The molecule has 2 aromatic carbocycles. The third-order valence-electron chi connectivity index (χ3n) is 5.18. The molecule has 9 heteroatoms. The zero-order chi connectivity index (χ0) is 22.8. The minimum atomic E-state index is -0.667. The van der Waals surface area contributed by atoms with Gasteiger partial charge < -0.3 is 5.32 Å². The summed E-state index contributed by atoms with van der Waals surface area (Å²) < 4.78 is 2.17. The lowest BCUT2D eigenvalue weighted by molar-refractivity contribution is -0.116. The first-order valence-corrected chi connectivity index (χ1v) is 10.3. The molecule has 162 valence electrons. The summed E-state index contributed by atoms with van der Waals surface area (Å²) in [6, 6.07) is 12.6. The molecule has 4 rings (SSSR count). The molecule has 0 fully saturated rings. The van der Waals surface area contributed by atoms with Crippen LogP contribution in [0.1, 0.15) is 16.7 Å². The van der Waals surface area contributed by atoms with E-state index in [1.54, 1.807) is 24.3 Å². The first kappa shape index (κ1) is 21.5. The van der Waals surface area contributed by atoms with E-state index >= 15 is 0 Å². The summed E-state index contributed by atoms with van der Waals surface area (Å²) in [5.41, 5.74) is 1.88. The fourth-order valence-corrected chi connectivity index (χ4v) is 3.74. The fourth-order valence-electron chi connectivity index (χ4n) is 3.54. The summed E-state index contributed by atoms with van der Waals surface area (Å²) in [5.74, 6) is -0.417. The molecule has 0 spiro atoms. The van der Waals surface area contributed by atoms with Gasteiger partial charge in [-0.3, -0.25) is 18.7 Å². The molecule has 0 aliphatic rings. The number of rotatable bonds is 5. The number of anilines is 1. The number of hydrogen-bond donors (Lipinski definition) is 1. The molecule has 0 aliphatic heterocycles. The Kier molecular flexibility index (Phi) is 5.87. The summed E-state index contributed by atoms with van der Waals surface area (Å²) in [6.45, 7) is 3.39. The van der Waals surface area contributed by atoms with Crippen LogP contribution in [0.4, 0.5) is 5.69 Å². The number of hydrogen-bond acceptors (Lipinski definition) is 5. The van der Waals surface area contributed by atoms with Crippen molar-refractivity contribution in [3.63, 3.8) is 0 Å². The van der Waals surface area contributed by atoms with E-state index in [1.807, 2.05) is 32.0 Å². The van der Waals surface area contributed by atoms with Crippen LogP contribution in [0, 0.1) is 13.8 Å². The fraction of sp³-hybridized carbons (Fsp3) is 0.174. The molecule has 0 radical (unpaired) electrons. The van der Waals surface area contributed by atoms with Gasteiger partial charge in [0.2, 0.25) is 5.91 Å². The molecule has 0 atom stereocenters. The molecule has 0 aliphatic carbocycles. The third kappa shape index (κ3) is 4.04. The maximum atomic E-state index is 13.3. The summed E-state index contributed by atoms with van der Waals surface area (Å²) in [7, 11) is 0. The van der Waals surface area contributed by atoms with Crippen LogP contribution in [-0.2, 0) is 17.9 Å². The van der Waals surface area contributed by atoms with E-state index in [2.05, 4.69) is 15.3 Å². The number of aryl methyl sites for hydroxylation is 2. The van der Waals surface area contributed by atoms with E-state index in [4.69, 9.17) is 11.6 Å². The first-order chi connectivity index (χ1) is 15.4. The lowest BCUT2D eigenvalue weighted by Gasteiger charge is -2.15. The van der Waals surface area contributed by atoms with Crippen LogP contribution in [0.2, 0.25) is 5.02 Å². The van der Waals surface area contributed by atoms with Crippen LogP contribution < -0.4 is 16.6 Å². The van der Waals surface area contributed by atoms with Crippen molar-refractivity contribution >= 4 is 34.4 Å². The predicted molar refractivity (Wildman–Crippen MR) is 123 cm³/mol. The van der Waals surface area contributed by atoms with Crippen LogP contribution in [0.15, 0.2) is 64.4 Å². The number of halogens is 1. The number of amides is 1. The van der Waals surface area contributed by atoms with Gasteiger partial charge in [0.25, 0.3) is 5.56 Å². The zero-order valence-corrected chi connectivity index (χ0v) is 18.3. The molecule has 2 heterocycles. The Morgan fingerprint density at radius 2 is 1.66 bits per heavy atom. The van der Waals surface area contributed by atoms with E-state index in [1.165, 1.54) is 12.4 Å². The SMILES string of the molecule is Cc1cccc(C)c1NC(=O)Cn1c(=O)n(Cc2ccccc2Cl)c(=O)c2nccnc21. The highest BCUT2D eigenvalue weighted by Gasteiger charge is 2.18. The Morgan fingerprint density at radius 1 is 0.969 bits per heavy atom. The van der Waals surface area contributed by atoms with E-state index in [-0.39, 0.29) is 24.3 Å². The van der Waals surface area contributed by atoms with E-state index < -0.39 is 17.2 Å². The van der Waals surface area contributed by atoms with Crippen molar-refractivity contribution in [2.75, 3.05) is 5.32 Å². The number of nitrogens with one attached hydrogen (secondary N) is 1. The van der Waals surface area contributed by atoms with Crippen LogP contribution in [-0.4, -0.2) is 25.0 Å². The monoisotopic (exact) mass is 449 g/mol. The summed E-state index contributed by atoms with van der Waals surface area (Å²) in [5, 5.41) is 3.28. The van der Waals surface area contributed by atoms with Crippen molar-refractivity contribution in [2.45, 2.75) is 26.9 Å². The van der Waals surface area contributed by atoms with Gasteiger partial charge in [-0.05, 0) is 36.6 Å². The molecular formula is C23H20ClN5O3. The van der Waals surface area contributed by atoms with Gasteiger partial charge in [-0.25, -0.2) is 14.8 Å². The standard InChI is InChI=1S/C23H20ClN5O3/c1-14-6-5-7-15(2)19(14)27-18(30)13-28-21-20(25-10-11-26-21)22(31)29(23(28)32)12-16-8-3-4-9-17(16)24/h3-11H,12-13H2,1-2H3,(H,27,30). The molecule has 4 aromatic rings. The number of fused-ring (bicyclic) bond motifs is 1. The minimum Gasteiger partial charge on any atom is -0.324 e. The van der Waals surface area contributed by atoms with E-state index in [9.17, 15) is 14.4 Å². The van der Waals surface area contributed by atoms with Crippen molar-refractivity contribution in [2.24, 2.45) is 0 Å². The highest BCUT2D eigenvalue weighted by Crippen LogP contribution is 2.19. The topological polar surface area (TPSA) is 98.9 Å². The molecule has 32 heavy (non-hydrogen) atoms. The van der Waals surface area contributed by atoms with Crippen LogP contribution in [0.3, 0.4) is 0 Å². The Morgan fingerprint density at radius 3 is 2.38 bits per heavy atom. The average molecular weight is 450 g/mol. The molecule has 0 saturated carbocycles. The minimum absolute atomic E-state index is 0.000902. The molecule has 8 nitrogen and oxygen atoms in total. The second kappa shape index (κ2) is 8.76. The number of aromatic nitrogens is 4. The second-order valence-corrected chi connectivity index (χ2v) is 7.80. The lowest BCUT2D eigenvalue weighted by atomic mass is 10.1. The maximum Gasteiger partial charge on any atom is 0.333 e. The molecule has 0 saturated heterocycles. The molecule has 0 unspecified atom stereocenters. The largest absolute Gasteiger partial charge is 0.333 e.